The van der Waals surface area contributed by atoms with Crippen molar-refractivity contribution in [3.05, 3.63) is 70.3 Å². The number of piperidine rings is 1. The molecular weight excluding hydrogens is 326 g/mol. The Hall–Kier alpha value is -2.17. The number of rotatable bonds is 2. The Kier molecular flexibility index (Phi) is 3.76. The molecule has 2 aliphatic rings. The van der Waals surface area contributed by atoms with Crippen LogP contribution in [0.2, 0.25) is 0 Å². The zero-order chi connectivity index (χ0) is 18.7. The van der Waals surface area contributed by atoms with Crippen LogP contribution in [0.1, 0.15) is 46.0 Å². The second kappa shape index (κ2) is 5.66. The van der Waals surface area contributed by atoms with E-state index in [0.717, 1.165) is 19.4 Å². The van der Waals surface area contributed by atoms with Crippen molar-refractivity contribution in [2.45, 2.75) is 43.7 Å². The lowest BCUT2D eigenvalue weighted by atomic mass is 9.53. The van der Waals surface area contributed by atoms with Crippen LogP contribution < -0.4 is 0 Å². The maximum Gasteiger partial charge on any atom is 0.335 e. The number of carbonyl (C=O) groups is 1. The van der Waals surface area contributed by atoms with Crippen molar-refractivity contribution in [1.82, 2.24) is 4.90 Å². The van der Waals surface area contributed by atoms with Gasteiger partial charge in [-0.15, -0.1) is 0 Å². The van der Waals surface area contributed by atoms with E-state index in [1.165, 1.54) is 16.7 Å². The first-order valence-electron chi connectivity index (χ1n) is 9.14. The van der Waals surface area contributed by atoms with Gasteiger partial charge in [-0.2, -0.15) is 0 Å². The molecule has 2 N–H and O–H groups in total. The molecule has 4 heteroatoms. The average molecular weight is 351 g/mol. The molecule has 4 rings (SSSR count). The van der Waals surface area contributed by atoms with Crippen molar-refractivity contribution in [3.8, 4) is 0 Å². The topological polar surface area (TPSA) is 60.8 Å². The molecule has 1 aliphatic carbocycles. The molecular formula is C22H25NO3. The van der Waals surface area contributed by atoms with Crippen molar-refractivity contribution < 1.29 is 15.0 Å². The van der Waals surface area contributed by atoms with Crippen molar-refractivity contribution >= 4 is 5.97 Å². The minimum atomic E-state index is -1.13. The number of aryl methyl sites for hydroxylation is 1. The van der Waals surface area contributed by atoms with Crippen LogP contribution in [0.4, 0.5) is 0 Å². The number of fused-ring (bicyclic) bond motifs is 4. The minimum Gasteiger partial charge on any atom is -0.478 e. The van der Waals surface area contributed by atoms with Crippen molar-refractivity contribution in [1.29, 1.82) is 0 Å². The number of carboxylic acid groups (broad SMARTS) is 1. The number of aliphatic hydroxyl groups is 1. The number of likely N-dealkylation sites (tertiary alicyclic amines) is 1. The van der Waals surface area contributed by atoms with Gasteiger partial charge in [0, 0.05) is 11.5 Å². The molecule has 0 saturated carbocycles. The summed E-state index contributed by atoms with van der Waals surface area (Å²) < 4.78 is 0. The van der Waals surface area contributed by atoms with E-state index in [1.54, 1.807) is 18.2 Å². The fourth-order valence-corrected chi connectivity index (χ4v) is 5.07. The molecule has 1 saturated heterocycles. The lowest BCUT2D eigenvalue weighted by Crippen LogP contribution is -2.67. The molecule has 1 fully saturated rings. The highest BCUT2D eigenvalue weighted by molar-refractivity contribution is 5.87. The summed E-state index contributed by atoms with van der Waals surface area (Å²) in [6.45, 7) is 5.13. The molecule has 0 radical (unpaired) electrons. The number of aromatic carboxylic acids is 1. The zero-order valence-electron chi connectivity index (χ0n) is 15.5. The average Bonchev–Trinajstić information content (AvgIpc) is 2.62. The standard InChI is InChI=1S/C22H25NO3/c1-14-7-8-15-13-19-22(26,17-6-4-5-16(12-17)20(24)25)21(2,18(15)11-14)9-10-23(19)3/h4-8,11-12,19,26H,9-10,13H2,1-3H3,(H,24,25)/t19-,21-,22-/m1/s1. The third-order valence-corrected chi connectivity index (χ3v) is 6.64. The zero-order valence-corrected chi connectivity index (χ0v) is 15.5. The van der Waals surface area contributed by atoms with Crippen molar-refractivity contribution in [2.75, 3.05) is 13.6 Å². The molecule has 2 bridgehead atoms. The van der Waals surface area contributed by atoms with Gasteiger partial charge in [-0.05, 0) is 62.2 Å². The van der Waals surface area contributed by atoms with Crippen molar-refractivity contribution in [3.63, 3.8) is 0 Å². The monoisotopic (exact) mass is 351 g/mol. The normalized spacial score (nSPS) is 30.7. The quantitative estimate of drug-likeness (QED) is 0.873. The lowest BCUT2D eigenvalue weighted by molar-refractivity contribution is -0.141. The summed E-state index contributed by atoms with van der Waals surface area (Å²) in [7, 11) is 2.05. The SMILES string of the molecule is Cc1ccc2c(c1)[C@@]1(C)CCN(C)[C@H](C2)[C@]1(O)c1cccc(C(=O)O)c1. The van der Waals surface area contributed by atoms with Crippen molar-refractivity contribution in [2.24, 2.45) is 0 Å². The van der Waals surface area contributed by atoms with Crippen LogP contribution in [0.25, 0.3) is 0 Å². The Morgan fingerprint density at radius 1 is 1.23 bits per heavy atom. The Morgan fingerprint density at radius 2 is 2.00 bits per heavy atom. The van der Waals surface area contributed by atoms with Gasteiger partial charge < -0.3 is 10.2 Å². The van der Waals surface area contributed by atoms with E-state index in [2.05, 4.69) is 44.0 Å². The minimum absolute atomic E-state index is 0.0829. The van der Waals surface area contributed by atoms with Crippen LogP contribution in [0.15, 0.2) is 42.5 Å². The summed E-state index contributed by atoms with van der Waals surface area (Å²) in [5, 5.41) is 21.6. The second-order valence-electron chi connectivity index (χ2n) is 8.10. The van der Waals surface area contributed by atoms with Crippen LogP contribution in [0.3, 0.4) is 0 Å². The number of benzene rings is 2. The van der Waals surface area contributed by atoms with Gasteiger partial charge in [0.25, 0.3) is 0 Å². The fraction of sp³-hybridized carbons (Fsp3) is 0.409. The van der Waals surface area contributed by atoms with Gasteiger partial charge in [0.1, 0.15) is 5.60 Å². The molecule has 0 aromatic heterocycles. The molecule has 0 spiro atoms. The van der Waals surface area contributed by atoms with Gasteiger partial charge in [0.2, 0.25) is 0 Å². The smallest absolute Gasteiger partial charge is 0.335 e. The largest absolute Gasteiger partial charge is 0.478 e. The predicted octanol–water partition coefficient (Wildman–Crippen LogP) is 3.10. The summed E-state index contributed by atoms with van der Waals surface area (Å²) in [4.78, 5) is 13.7. The first-order valence-corrected chi connectivity index (χ1v) is 9.14. The summed E-state index contributed by atoms with van der Waals surface area (Å²) in [6, 6.07) is 13.3. The van der Waals surface area contributed by atoms with Crippen LogP contribution in [-0.2, 0) is 17.4 Å². The van der Waals surface area contributed by atoms with E-state index in [1.807, 2.05) is 6.07 Å². The molecule has 136 valence electrons. The second-order valence-corrected chi connectivity index (χ2v) is 8.10. The van der Waals surface area contributed by atoms with E-state index in [0.29, 0.717) is 5.56 Å². The predicted molar refractivity (Wildman–Crippen MR) is 101 cm³/mol. The van der Waals surface area contributed by atoms with Gasteiger partial charge in [-0.3, -0.25) is 4.90 Å². The van der Waals surface area contributed by atoms with E-state index in [9.17, 15) is 15.0 Å². The molecule has 4 nitrogen and oxygen atoms in total. The lowest BCUT2D eigenvalue weighted by Gasteiger charge is -2.60. The number of nitrogens with zero attached hydrogens (tertiary/aromatic N) is 1. The summed E-state index contributed by atoms with van der Waals surface area (Å²) in [5.74, 6) is -0.967. The van der Waals surface area contributed by atoms with Gasteiger partial charge in [0.15, 0.2) is 0 Å². The molecule has 3 atom stereocenters. The van der Waals surface area contributed by atoms with Gasteiger partial charge in [-0.1, -0.05) is 42.8 Å². The summed E-state index contributed by atoms with van der Waals surface area (Å²) in [5.41, 5.74) is 2.99. The third kappa shape index (κ3) is 2.19. The maximum absolute atomic E-state index is 12.2. The number of hydrogen-bond acceptors (Lipinski definition) is 3. The van der Waals surface area contributed by atoms with Gasteiger partial charge in [-0.25, -0.2) is 4.79 Å². The van der Waals surface area contributed by atoms with Crippen LogP contribution in [-0.4, -0.2) is 40.7 Å². The van der Waals surface area contributed by atoms with Crippen LogP contribution in [0, 0.1) is 6.92 Å². The van der Waals surface area contributed by atoms with Gasteiger partial charge >= 0.3 is 5.97 Å². The highest BCUT2D eigenvalue weighted by atomic mass is 16.4. The Balaban J connectivity index is 1.97. The Bertz CT molecular complexity index is 893. The third-order valence-electron chi connectivity index (χ3n) is 6.64. The van der Waals surface area contributed by atoms with Crippen LogP contribution >= 0.6 is 0 Å². The molecule has 26 heavy (non-hydrogen) atoms. The van der Waals surface area contributed by atoms with E-state index in [4.69, 9.17) is 0 Å². The first-order chi connectivity index (χ1) is 12.3. The van der Waals surface area contributed by atoms with E-state index < -0.39 is 17.0 Å². The Labute approximate surface area is 154 Å². The summed E-state index contributed by atoms with van der Waals surface area (Å²) in [6.07, 6.45) is 1.58. The maximum atomic E-state index is 12.2. The molecule has 1 aliphatic heterocycles. The number of hydrogen-bond donors (Lipinski definition) is 2. The van der Waals surface area contributed by atoms with Gasteiger partial charge in [0.05, 0.1) is 5.56 Å². The van der Waals surface area contributed by atoms with Crippen LogP contribution in [0.5, 0.6) is 0 Å². The summed E-state index contributed by atoms with van der Waals surface area (Å²) >= 11 is 0. The number of likely N-dealkylation sites (N-methyl/N-ethyl adjacent to an activating group) is 1. The highest BCUT2D eigenvalue weighted by Crippen LogP contribution is 2.55. The molecule has 2 aromatic carbocycles. The highest BCUT2D eigenvalue weighted by Gasteiger charge is 2.60. The number of carboxylic acids is 1. The molecule has 0 amide bonds. The molecule has 2 aromatic rings. The van der Waals surface area contributed by atoms with E-state index >= 15 is 0 Å². The fourth-order valence-electron chi connectivity index (χ4n) is 5.07. The Morgan fingerprint density at radius 3 is 2.73 bits per heavy atom. The first kappa shape index (κ1) is 17.3. The molecule has 1 heterocycles. The molecule has 0 unspecified atom stereocenters. The van der Waals surface area contributed by atoms with E-state index in [-0.39, 0.29) is 11.6 Å².